The molecule has 1 rings (SSSR count). The Kier molecular flexibility index (Phi) is 6.64. The van der Waals surface area contributed by atoms with E-state index in [-0.39, 0.29) is 19.8 Å². The number of carbonyl (C=O) groups excluding carboxylic acids is 3. The van der Waals surface area contributed by atoms with E-state index < -0.39 is 42.0 Å². The largest absolute Gasteiger partial charge is 0.466 e. The molecule has 7 heteroatoms. The molecule has 0 N–H and O–H groups in total. The highest BCUT2D eigenvalue weighted by molar-refractivity contribution is 5.86. The van der Waals surface area contributed by atoms with Crippen LogP contribution in [-0.2, 0) is 23.8 Å². The molecule has 22 heavy (non-hydrogen) atoms. The Bertz CT molecular complexity index is 394. The topological polar surface area (TPSA) is 82.1 Å². The highest BCUT2D eigenvalue weighted by Gasteiger charge is 2.54. The van der Waals surface area contributed by atoms with Gasteiger partial charge in [0.05, 0.1) is 25.7 Å². The lowest BCUT2D eigenvalue weighted by Crippen LogP contribution is -2.46. The smallest absolute Gasteiger partial charge is 0.410 e. The molecule has 1 amide bonds. The first kappa shape index (κ1) is 18.3. The molecule has 0 aromatic heterocycles. The number of hydrogen-bond acceptors (Lipinski definition) is 6. The molecule has 0 radical (unpaired) electrons. The molecule has 0 bridgehead atoms. The van der Waals surface area contributed by atoms with Gasteiger partial charge in [0.1, 0.15) is 6.04 Å². The van der Waals surface area contributed by atoms with Crippen LogP contribution < -0.4 is 0 Å². The minimum absolute atomic E-state index is 0.191. The number of ether oxygens (including phenoxy) is 3. The fourth-order valence-electron chi connectivity index (χ4n) is 3.00. The molecule has 1 aliphatic rings. The molecule has 0 spiro atoms. The molecule has 0 saturated carbocycles. The maximum absolute atomic E-state index is 12.2. The first-order chi connectivity index (χ1) is 10.4. The van der Waals surface area contributed by atoms with Crippen molar-refractivity contribution in [3.05, 3.63) is 0 Å². The molecule has 0 unspecified atom stereocenters. The number of rotatable bonds is 5. The van der Waals surface area contributed by atoms with Gasteiger partial charge in [-0.1, -0.05) is 6.92 Å². The number of amides is 1. The van der Waals surface area contributed by atoms with E-state index in [1.165, 1.54) is 4.90 Å². The predicted octanol–water partition coefficient (Wildman–Crippen LogP) is 1.59. The Morgan fingerprint density at radius 2 is 1.36 bits per heavy atom. The number of carbonyl (C=O) groups is 3. The number of hydrogen-bond donors (Lipinski definition) is 0. The van der Waals surface area contributed by atoms with Crippen LogP contribution in [0.2, 0.25) is 0 Å². The van der Waals surface area contributed by atoms with Gasteiger partial charge in [-0.05, 0) is 27.7 Å². The zero-order valence-corrected chi connectivity index (χ0v) is 13.8. The molecule has 7 nitrogen and oxygen atoms in total. The van der Waals surface area contributed by atoms with Gasteiger partial charge in [-0.3, -0.25) is 9.69 Å². The molecule has 0 aromatic carbocycles. The van der Waals surface area contributed by atoms with Gasteiger partial charge in [0.25, 0.3) is 0 Å². The van der Waals surface area contributed by atoms with Gasteiger partial charge in [-0.2, -0.15) is 0 Å². The lowest BCUT2D eigenvalue weighted by Gasteiger charge is -2.27. The average molecular weight is 315 g/mol. The molecule has 1 saturated heterocycles. The normalized spacial score (nSPS) is 27.4. The summed E-state index contributed by atoms with van der Waals surface area (Å²) < 4.78 is 15.1. The predicted molar refractivity (Wildman–Crippen MR) is 78.0 cm³/mol. The van der Waals surface area contributed by atoms with Gasteiger partial charge >= 0.3 is 18.0 Å². The maximum atomic E-state index is 12.2. The van der Waals surface area contributed by atoms with Gasteiger partial charge in [-0.25, -0.2) is 9.59 Å². The summed E-state index contributed by atoms with van der Waals surface area (Å²) in [6.07, 6.45) is -0.619. The Hall–Kier alpha value is -1.79. The number of esters is 2. The summed E-state index contributed by atoms with van der Waals surface area (Å²) in [6.45, 7) is 9.20. The minimum Gasteiger partial charge on any atom is -0.466 e. The van der Waals surface area contributed by atoms with Crippen molar-refractivity contribution in [3.8, 4) is 0 Å². The van der Waals surface area contributed by atoms with E-state index >= 15 is 0 Å². The van der Waals surface area contributed by atoms with E-state index in [0.717, 1.165) is 0 Å². The van der Waals surface area contributed by atoms with Gasteiger partial charge in [0, 0.05) is 12.0 Å². The van der Waals surface area contributed by atoms with E-state index in [9.17, 15) is 14.4 Å². The quantitative estimate of drug-likeness (QED) is 0.566. The van der Waals surface area contributed by atoms with Crippen LogP contribution in [-0.4, -0.2) is 54.8 Å². The Balaban J connectivity index is 3.10. The van der Waals surface area contributed by atoms with Crippen molar-refractivity contribution in [2.24, 2.45) is 11.8 Å². The molecule has 0 aromatic rings. The number of likely N-dealkylation sites (tertiary alicyclic amines) is 1. The van der Waals surface area contributed by atoms with Crippen LogP contribution in [0.3, 0.4) is 0 Å². The zero-order valence-electron chi connectivity index (χ0n) is 13.8. The third-order valence-corrected chi connectivity index (χ3v) is 3.89. The summed E-state index contributed by atoms with van der Waals surface area (Å²) in [5.74, 6) is -1.93. The van der Waals surface area contributed by atoms with Crippen LogP contribution in [0.4, 0.5) is 4.79 Å². The van der Waals surface area contributed by atoms with Gasteiger partial charge in [0.2, 0.25) is 0 Å². The minimum atomic E-state index is -0.844. The van der Waals surface area contributed by atoms with Crippen LogP contribution >= 0.6 is 0 Å². The van der Waals surface area contributed by atoms with Gasteiger partial charge < -0.3 is 14.2 Å². The van der Waals surface area contributed by atoms with Gasteiger partial charge in [0.15, 0.2) is 0 Å². The first-order valence-electron chi connectivity index (χ1n) is 7.68. The van der Waals surface area contributed by atoms with Crippen LogP contribution in [0.25, 0.3) is 0 Å². The highest BCUT2D eigenvalue weighted by Crippen LogP contribution is 2.37. The standard InChI is InChI=1S/C15H25NO6/c1-6-20-13(17)11-9(4)12(14(18)21-7-2)16(10(11)5)15(19)22-8-3/h9-12H,6-8H2,1-5H3/t9-,10+,11+,12+/m0/s1. The molecular formula is C15H25NO6. The zero-order chi connectivity index (χ0) is 16.9. The monoisotopic (exact) mass is 315 g/mol. The molecule has 0 aliphatic carbocycles. The molecule has 126 valence electrons. The summed E-state index contributed by atoms with van der Waals surface area (Å²) in [7, 11) is 0. The molecule has 1 heterocycles. The summed E-state index contributed by atoms with van der Waals surface area (Å²) in [5, 5.41) is 0. The molecule has 1 fully saturated rings. The Morgan fingerprint density at radius 3 is 1.86 bits per heavy atom. The third-order valence-electron chi connectivity index (χ3n) is 3.89. The van der Waals surface area contributed by atoms with Crippen molar-refractivity contribution < 1.29 is 28.6 Å². The summed E-state index contributed by atoms with van der Waals surface area (Å²) >= 11 is 0. The summed E-state index contributed by atoms with van der Waals surface area (Å²) in [4.78, 5) is 37.9. The van der Waals surface area contributed by atoms with E-state index in [4.69, 9.17) is 14.2 Å². The Morgan fingerprint density at radius 1 is 0.864 bits per heavy atom. The number of nitrogens with zero attached hydrogens (tertiary/aromatic N) is 1. The fourth-order valence-corrected chi connectivity index (χ4v) is 3.00. The van der Waals surface area contributed by atoms with Crippen molar-refractivity contribution in [2.75, 3.05) is 19.8 Å². The van der Waals surface area contributed by atoms with Crippen molar-refractivity contribution in [2.45, 2.75) is 46.7 Å². The summed E-state index contributed by atoms with van der Waals surface area (Å²) in [5.41, 5.74) is 0. The van der Waals surface area contributed by atoms with Crippen LogP contribution in [0, 0.1) is 11.8 Å². The van der Waals surface area contributed by atoms with Crippen LogP contribution in [0.15, 0.2) is 0 Å². The van der Waals surface area contributed by atoms with Crippen molar-refractivity contribution >= 4 is 18.0 Å². The SMILES string of the molecule is CCOC(=O)[C@@H]1[C@H](C)[C@H](C(=O)OCC)N(C(=O)OCC)[C@@H]1C. The lowest BCUT2D eigenvalue weighted by molar-refractivity contribution is -0.150. The second-order valence-electron chi connectivity index (χ2n) is 5.18. The van der Waals surface area contributed by atoms with E-state index in [1.54, 1.807) is 34.6 Å². The molecule has 4 atom stereocenters. The fraction of sp³-hybridized carbons (Fsp3) is 0.800. The van der Waals surface area contributed by atoms with Crippen LogP contribution in [0.1, 0.15) is 34.6 Å². The second kappa shape index (κ2) is 8.00. The third kappa shape index (κ3) is 3.51. The highest BCUT2D eigenvalue weighted by atomic mass is 16.6. The van der Waals surface area contributed by atoms with Gasteiger partial charge in [-0.15, -0.1) is 0 Å². The van der Waals surface area contributed by atoms with Crippen LogP contribution in [0.5, 0.6) is 0 Å². The average Bonchev–Trinajstić information content (AvgIpc) is 2.71. The molecule has 1 aliphatic heterocycles. The maximum Gasteiger partial charge on any atom is 0.410 e. The van der Waals surface area contributed by atoms with E-state index in [1.807, 2.05) is 0 Å². The second-order valence-corrected chi connectivity index (χ2v) is 5.18. The van der Waals surface area contributed by atoms with Crippen molar-refractivity contribution in [1.82, 2.24) is 4.90 Å². The van der Waals surface area contributed by atoms with Crippen molar-refractivity contribution in [1.29, 1.82) is 0 Å². The summed E-state index contributed by atoms with van der Waals surface area (Å²) in [6, 6.07) is -1.34. The first-order valence-corrected chi connectivity index (χ1v) is 7.68. The Labute approximate surface area is 130 Å². The van der Waals surface area contributed by atoms with E-state index in [2.05, 4.69) is 0 Å². The molecular weight excluding hydrogens is 290 g/mol. The van der Waals surface area contributed by atoms with Crippen molar-refractivity contribution in [3.63, 3.8) is 0 Å². The lowest BCUT2D eigenvalue weighted by atomic mass is 9.89. The van der Waals surface area contributed by atoms with E-state index in [0.29, 0.717) is 0 Å².